The van der Waals surface area contributed by atoms with E-state index >= 15 is 0 Å². The second kappa shape index (κ2) is 25.0. The third-order valence-electron chi connectivity index (χ3n) is 4.99. The Labute approximate surface area is 187 Å². The molecule has 0 aliphatic heterocycles. The van der Waals surface area contributed by atoms with Crippen molar-refractivity contribution < 1.29 is 30.0 Å². The van der Waals surface area contributed by atoms with E-state index in [4.69, 9.17) is 19.4 Å². The van der Waals surface area contributed by atoms with Crippen molar-refractivity contribution in [3.63, 3.8) is 0 Å². The fraction of sp³-hybridized carbons (Fsp3) is 1.00. The van der Waals surface area contributed by atoms with Crippen LogP contribution in [0.5, 0.6) is 0 Å². The molecule has 0 spiro atoms. The molecule has 0 aromatic rings. The van der Waals surface area contributed by atoms with Crippen LogP contribution in [0, 0.1) is 0 Å². The van der Waals surface area contributed by atoms with Crippen molar-refractivity contribution in [2.45, 2.75) is 130 Å². The number of quaternary nitrogens is 1. The van der Waals surface area contributed by atoms with Gasteiger partial charge < -0.3 is 5.48 Å². The smallest absolute Gasteiger partial charge is 0.247 e. The largest absolute Gasteiger partial charge is 0.870 e. The normalized spacial score (nSPS) is 11.6. The van der Waals surface area contributed by atoms with Gasteiger partial charge in [0.05, 0.1) is 0 Å². The maximum absolute atomic E-state index is 6.07. The van der Waals surface area contributed by atoms with E-state index in [2.05, 4.69) is 27.7 Å². The summed E-state index contributed by atoms with van der Waals surface area (Å²) >= 11 is 0. The molecule has 0 heterocycles. The second-order valence-corrected chi connectivity index (χ2v) is 8.02. The van der Waals surface area contributed by atoms with E-state index < -0.39 is 5.14 Å². The molecule has 0 atom stereocenters. The van der Waals surface area contributed by atoms with Crippen molar-refractivity contribution in [2.24, 2.45) is 0 Å². The molecule has 0 aliphatic rings. The first kappa shape index (κ1) is 31.9. The minimum atomic E-state index is -0.531. The zero-order valence-electron chi connectivity index (χ0n) is 20.7. The van der Waals surface area contributed by atoms with Crippen LogP contribution >= 0.6 is 0 Å². The van der Waals surface area contributed by atoms with E-state index in [1.165, 1.54) is 77.0 Å². The predicted octanol–water partition coefficient (Wildman–Crippen LogP) is 7.67. The zero-order valence-corrected chi connectivity index (χ0v) is 20.7. The fourth-order valence-electron chi connectivity index (χ4n) is 3.04. The van der Waals surface area contributed by atoms with Gasteiger partial charge in [-0.05, 0) is 25.7 Å². The molecule has 30 heavy (non-hydrogen) atoms. The topological polar surface area (TPSA) is 66.9 Å². The van der Waals surface area contributed by atoms with Crippen LogP contribution in [0.15, 0.2) is 0 Å². The molecule has 0 amide bonds. The molecular formula is C24H53NO5. The average molecular weight is 436 g/mol. The lowest BCUT2D eigenvalue weighted by molar-refractivity contribution is -1.47. The van der Waals surface area contributed by atoms with Crippen molar-refractivity contribution in [1.82, 2.24) is 0 Å². The SMILES string of the molecule is CCCCCCO[N+](OCCCCCC)(OCCCCCC)OCCCCCC.[OH-]. The molecule has 0 aromatic carbocycles. The van der Waals surface area contributed by atoms with Crippen molar-refractivity contribution in [1.29, 1.82) is 0 Å². The summed E-state index contributed by atoms with van der Waals surface area (Å²) in [5.74, 6) is 0. The van der Waals surface area contributed by atoms with Crippen molar-refractivity contribution in [3.8, 4) is 0 Å². The molecule has 0 aliphatic carbocycles. The zero-order chi connectivity index (χ0) is 21.5. The van der Waals surface area contributed by atoms with Crippen LogP contribution < -0.4 is 0 Å². The number of unbranched alkanes of at least 4 members (excludes halogenated alkanes) is 12. The van der Waals surface area contributed by atoms with E-state index in [9.17, 15) is 0 Å². The Morgan fingerprint density at radius 2 is 0.600 bits per heavy atom. The number of hydrogen-bond donors (Lipinski definition) is 0. The highest BCUT2D eigenvalue weighted by Crippen LogP contribution is 2.18. The summed E-state index contributed by atoms with van der Waals surface area (Å²) in [5.41, 5.74) is 0. The van der Waals surface area contributed by atoms with Gasteiger partial charge in [-0.15, -0.1) is 0 Å². The van der Waals surface area contributed by atoms with Gasteiger partial charge in [-0.1, -0.05) is 124 Å². The molecule has 0 bridgehead atoms. The molecule has 0 rings (SSSR count). The Balaban J connectivity index is 0. The van der Waals surface area contributed by atoms with Crippen molar-refractivity contribution >= 4 is 0 Å². The summed E-state index contributed by atoms with van der Waals surface area (Å²) in [6, 6.07) is 0. The highest BCUT2D eigenvalue weighted by Gasteiger charge is 2.38. The van der Waals surface area contributed by atoms with Crippen LogP contribution in [-0.4, -0.2) is 37.0 Å². The van der Waals surface area contributed by atoms with E-state index in [1.54, 1.807) is 0 Å². The summed E-state index contributed by atoms with van der Waals surface area (Å²) in [5, 5.41) is -0.531. The third kappa shape index (κ3) is 19.7. The Kier molecular flexibility index (Phi) is 26.6. The van der Waals surface area contributed by atoms with Crippen molar-refractivity contribution in [3.05, 3.63) is 0 Å². The van der Waals surface area contributed by atoms with Crippen LogP contribution in [0.4, 0.5) is 0 Å². The van der Waals surface area contributed by atoms with Crippen LogP contribution in [0.1, 0.15) is 130 Å². The number of nitrogens with zero attached hydrogens (tertiary/aromatic N) is 1. The number of rotatable bonds is 24. The molecule has 0 aromatic heterocycles. The molecular weight excluding hydrogens is 382 g/mol. The average Bonchev–Trinajstić information content (AvgIpc) is 2.73. The van der Waals surface area contributed by atoms with E-state index in [1.807, 2.05) is 0 Å². The molecule has 0 unspecified atom stereocenters. The Hall–Kier alpha value is -0.240. The van der Waals surface area contributed by atoms with Gasteiger partial charge in [-0.3, -0.25) is 0 Å². The Morgan fingerprint density at radius 3 is 0.800 bits per heavy atom. The van der Waals surface area contributed by atoms with Gasteiger partial charge in [-0.25, -0.2) is 0 Å². The van der Waals surface area contributed by atoms with Crippen LogP contribution in [-0.2, 0) is 19.4 Å². The number of hydrogen-bond acceptors (Lipinski definition) is 5. The van der Waals surface area contributed by atoms with Crippen molar-refractivity contribution in [2.75, 3.05) is 26.4 Å². The molecule has 0 fully saturated rings. The van der Waals surface area contributed by atoms with Gasteiger partial charge >= 0.3 is 0 Å². The highest BCUT2D eigenvalue weighted by atomic mass is 17.4. The van der Waals surface area contributed by atoms with Crippen LogP contribution in [0.25, 0.3) is 0 Å². The van der Waals surface area contributed by atoms with Gasteiger partial charge in [0, 0.05) is 0 Å². The highest BCUT2D eigenvalue weighted by molar-refractivity contribution is 4.39. The van der Waals surface area contributed by atoms with Gasteiger partial charge in [-0.2, -0.15) is 0 Å². The first-order chi connectivity index (χ1) is 14.2. The minimum Gasteiger partial charge on any atom is -0.870 e. The molecule has 1 N–H and O–H groups in total. The maximum atomic E-state index is 6.07. The lowest BCUT2D eigenvalue weighted by Gasteiger charge is -2.26. The lowest BCUT2D eigenvalue weighted by Crippen LogP contribution is -2.48. The lowest BCUT2D eigenvalue weighted by atomic mass is 10.2. The van der Waals surface area contributed by atoms with E-state index in [-0.39, 0.29) is 5.48 Å². The second-order valence-electron chi connectivity index (χ2n) is 8.02. The first-order valence-corrected chi connectivity index (χ1v) is 12.7. The summed E-state index contributed by atoms with van der Waals surface area (Å²) in [7, 11) is 0. The third-order valence-corrected chi connectivity index (χ3v) is 4.99. The molecule has 0 saturated heterocycles. The summed E-state index contributed by atoms with van der Waals surface area (Å²) in [6.45, 7) is 11.3. The van der Waals surface area contributed by atoms with Crippen LogP contribution in [0.2, 0.25) is 0 Å². The van der Waals surface area contributed by atoms with Gasteiger partial charge in [0.2, 0.25) is 5.14 Å². The van der Waals surface area contributed by atoms with Gasteiger partial charge in [0.25, 0.3) is 0 Å². The standard InChI is InChI=1S/C24H52NO4.H2O/c1-5-9-13-17-21-26-25(27-22-18-14-10-6-2,28-23-19-15-11-7-3)29-24-20-16-12-8-4;/h5-24H2,1-4H3;1H2/q+1;/p-1. The van der Waals surface area contributed by atoms with E-state index in [0.29, 0.717) is 26.4 Å². The Bertz CT molecular complexity index is 256. The summed E-state index contributed by atoms with van der Waals surface area (Å²) in [6.07, 6.45) is 18.5. The fourth-order valence-corrected chi connectivity index (χ4v) is 3.04. The minimum absolute atomic E-state index is 0. The maximum Gasteiger partial charge on any atom is 0.247 e. The summed E-state index contributed by atoms with van der Waals surface area (Å²) in [4.78, 5) is 24.3. The molecule has 0 radical (unpaired) electrons. The molecule has 184 valence electrons. The van der Waals surface area contributed by atoms with E-state index in [0.717, 1.165) is 25.7 Å². The summed E-state index contributed by atoms with van der Waals surface area (Å²) < 4.78 is 0. The van der Waals surface area contributed by atoms with Crippen LogP contribution in [0.3, 0.4) is 0 Å². The quantitative estimate of drug-likeness (QED) is 0.0883. The van der Waals surface area contributed by atoms with Gasteiger partial charge in [0.1, 0.15) is 26.4 Å². The predicted molar refractivity (Wildman–Crippen MR) is 123 cm³/mol. The Morgan fingerprint density at radius 1 is 0.367 bits per heavy atom. The monoisotopic (exact) mass is 435 g/mol. The molecule has 6 nitrogen and oxygen atoms in total. The molecule has 0 saturated carbocycles. The van der Waals surface area contributed by atoms with Gasteiger partial charge in [0.15, 0.2) is 0 Å². The molecule has 6 heteroatoms. The first-order valence-electron chi connectivity index (χ1n) is 12.7.